The molecule has 0 spiro atoms. The van der Waals surface area contributed by atoms with E-state index in [-0.39, 0.29) is 49.4 Å². The number of nitrogens with zero attached hydrogens (tertiary/aromatic N) is 5. The molecule has 3 aromatic heterocycles. The van der Waals surface area contributed by atoms with Gasteiger partial charge < -0.3 is 15.0 Å². The second-order valence-corrected chi connectivity index (χ2v) is 9.44. The van der Waals surface area contributed by atoms with E-state index in [0.29, 0.717) is 10.9 Å². The summed E-state index contributed by atoms with van der Waals surface area (Å²) in [4.78, 5) is 21.8. The van der Waals surface area contributed by atoms with Crippen molar-refractivity contribution in [2.45, 2.75) is 32.1 Å². The van der Waals surface area contributed by atoms with Gasteiger partial charge in [-0.15, -0.1) is 13.2 Å². The van der Waals surface area contributed by atoms with Gasteiger partial charge in [0.25, 0.3) is 11.5 Å². The van der Waals surface area contributed by atoms with Crippen molar-refractivity contribution in [1.29, 1.82) is 0 Å². The third-order valence-electron chi connectivity index (χ3n) is 6.60. The van der Waals surface area contributed by atoms with Crippen LogP contribution in [0.15, 0.2) is 59.7 Å². The van der Waals surface area contributed by atoms with Gasteiger partial charge in [0, 0.05) is 52.9 Å². The van der Waals surface area contributed by atoms with Gasteiger partial charge in [0.1, 0.15) is 23.8 Å². The Labute approximate surface area is 223 Å². The summed E-state index contributed by atoms with van der Waals surface area (Å²) in [7, 11) is 1.52. The molecule has 0 fully saturated rings. The van der Waals surface area contributed by atoms with Crippen LogP contribution in [-0.4, -0.2) is 36.0 Å². The number of aryl methyl sites for hydroxylation is 2. The molecule has 5 rings (SSSR count). The number of hydrogen-bond donors (Lipinski definition) is 2. The number of benzene rings is 2. The summed E-state index contributed by atoms with van der Waals surface area (Å²) in [6.07, 6.45) is -2.48. The number of pyridine rings is 1. The van der Waals surface area contributed by atoms with Crippen LogP contribution in [0.1, 0.15) is 29.9 Å². The number of aliphatic hydroxyl groups excluding tert-OH is 1. The second-order valence-electron chi connectivity index (χ2n) is 9.44. The first-order valence-electron chi connectivity index (χ1n) is 12.1. The summed E-state index contributed by atoms with van der Waals surface area (Å²) >= 11 is 0. The zero-order chi connectivity index (χ0) is 29.0. The van der Waals surface area contributed by atoms with Crippen LogP contribution in [0.3, 0.4) is 0 Å². The Morgan fingerprint density at radius 3 is 2.45 bits per heavy atom. The fourth-order valence-electron chi connectivity index (χ4n) is 4.54. The van der Waals surface area contributed by atoms with Crippen molar-refractivity contribution in [3.05, 3.63) is 82.2 Å². The molecule has 0 aliphatic carbocycles. The molecule has 208 valence electrons. The van der Waals surface area contributed by atoms with Gasteiger partial charge in [-0.05, 0) is 43.7 Å². The van der Waals surface area contributed by atoms with E-state index in [1.165, 1.54) is 48.1 Å². The van der Waals surface area contributed by atoms with Gasteiger partial charge >= 0.3 is 6.30 Å². The summed E-state index contributed by atoms with van der Waals surface area (Å²) in [6.45, 7) is 1.92. The Kier molecular flexibility index (Phi) is 6.57. The molecule has 0 saturated carbocycles. The van der Waals surface area contributed by atoms with E-state index in [1.54, 1.807) is 26.0 Å². The summed E-state index contributed by atoms with van der Waals surface area (Å²) in [5.74, 6) is -2.97. The number of aromatic nitrogens is 5. The molecule has 1 atom stereocenters. The average Bonchev–Trinajstić information content (AvgIpc) is 3.37. The third kappa shape index (κ3) is 4.76. The highest BCUT2D eigenvalue weighted by Gasteiger charge is 2.34. The number of alkyl halides is 5. The van der Waals surface area contributed by atoms with Crippen molar-refractivity contribution >= 4 is 27.6 Å². The van der Waals surface area contributed by atoms with Crippen LogP contribution in [0.5, 0.6) is 0 Å². The molecule has 0 bridgehead atoms. The first kappa shape index (κ1) is 27.2. The van der Waals surface area contributed by atoms with E-state index in [4.69, 9.17) is 5.11 Å². The molecule has 13 heteroatoms. The van der Waals surface area contributed by atoms with E-state index in [0.717, 1.165) is 6.20 Å². The predicted octanol–water partition coefficient (Wildman–Crippen LogP) is 5.39. The highest BCUT2D eigenvalue weighted by atomic mass is 19.4. The van der Waals surface area contributed by atoms with Crippen molar-refractivity contribution in [3.63, 3.8) is 0 Å². The number of rotatable bonds is 6. The molecule has 0 saturated heterocycles. The average molecular weight is 559 g/mol. The predicted molar refractivity (Wildman–Crippen MR) is 139 cm³/mol. The summed E-state index contributed by atoms with van der Waals surface area (Å²) in [6, 6.07) is 9.53. The molecule has 0 amide bonds. The van der Waals surface area contributed by atoms with Gasteiger partial charge in [-0.3, -0.25) is 4.79 Å². The Hall–Kier alpha value is -4.39. The lowest BCUT2D eigenvalue weighted by Gasteiger charge is -2.20. The zero-order valence-electron chi connectivity index (χ0n) is 21.5. The minimum atomic E-state index is -4.82. The van der Waals surface area contributed by atoms with Crippen LogP contribution in [0.4, 0.5) is 27.8 Å². The van der Waals surface area contributed by atoms with Gasteiger partial charge in [0.15, 0.2) is 0 Å². The molecular weight excluding hydrogens is 535 g/mol. The van der Waals surface area contributed by atoms with Crippen molar-refractivity contribution in [3.8, 4) is 11.1 Å². The van der Waals surface area contributed by atoms with Crippen LogP contribution < -0.4 is 10.9 Å². The monoisotopic (exact) mass is 558 g/mol. The smallest absolute Gasteiger partial charge is 0.390 e. The summed E-state index contributed by atoms with van der Waals surface area (Å²) in [5.41, 5.74) is 0.0324. The minimum Gasteiger partial charge on any atom is -0.390 e. The normalized spacial score (nSPS) is 13.2. The Balaban J connectivity index is 1.73. The Morgan fingerprint density at radius 2 is 1.75 bits per heavy atom. The molecule has 2 aromatic carbocycles. The molecule has 0 aliphatic rings. The SMILES string of the molecule is Cc1nc(N[C@H](C)c2cccc(C(F)(F)CO)c2)c2cc(-c3cccn(C)c3=O)c3nn(C(F)(F)F)cc3c2n1. The Bertz CT molecular complexity index is 1810. The van der Waals surface area contributed by atoms with E-state index < -0.39 is 30.4 Å². The third-order valence-corrected chi connectivity index (χ3v) is 6.60. The fourth-order valence-corrected chi connectivity index (χ4v) is 4.54. The maximum atomic E-state index is 14.1. The van der Waals surface area contributed by atoms with Crippen LogP contribution >= 0.6 is 0 Å². The van der Waals surface area contributed by atoms with Crippen molar-refractivity contribution < 1.29 is 27.1 Å². The number of hydrogen-bond acceptors (Lipinski definition) is 6. The molecular formula is C27H23F5N6O2. The summed E-state index contributed by atoms with van der Waals surface area (Å²) < 4.78 is 70.4. The molecule has 0 aliphatic heterocycles. The van der Waals surface area contributed by atoms with Crippen LogP contribution in [0, 0.1) is 6.92 Å². The van der Waals surface area contributed by atoms with Gasteiger partial charge in [-0.1, -0.05) is 18.2 Å². The number of anilines is 1. The molecule has 8 nitrogen and oxygen atoms in total. The standard InChI is InChI=1S/C27H23F5N6O2/c1-14(16-6-4-7-17(10-16)26(28,29)13-39)33-24-20-11-19(18-8-5-9-37(3)25(18)40)23-21(22(20)34-15(2)35-24)12-38(36-23)27(30,31)32/h4-12,14,39H,13H2,1-3H3,(H,33,34,35)/t14-/m1/s1. The van der Waals surface area contributed by atoms with Crippen LogP contribution in [0.25, 0.3) is 32.9 Å². The summed E-state index contributed by atoms with van der Waals surface area (Å²) in [5, 5.41) is 16.4. The quantitative estimate of drug-likeness (QED) is 0.272. The maximum Gasteiger partial charge on any atom is 0.504 e. The topological polar surface area (TPSA) is 97.9 Å². The zero-order valence-corrected chi connectivity index (χ0v) is 21.5. The van der Waals surface area contributed by atoms with Gasteiger partial charge in [0.05, 0.1) is 5.52 Å². The van der Waals surface area contributed by atoms with Crippen molar-refractivity contribution in [1.82, 2.24) is 24.3 Å². The molecule has 3 heterocycles. The Morgan fingerprint density at radius 1 is 1.00 bits per heavy atom. The van der Waals surface area contributed by atoms with E-state index in [9.17, 15) is 26.7 Å². The minimum absolute atomic E-state index is 0.0570. The number of fused-ring (bicyclic) bond motifs is 3. The van der Waals surface area contributed by atoms with Gasteiger partial charge in [-0.25, -0.2) is 9.97 Å². The van der Waals surface area contributed by atoms with Gasteiger partial charge in [0.2, 0.25) is 0 Å². The van der Waals surface area contributed by atoms with Crippen LogP contribution in [0.2, 0.25) is 0 Å². The van der Waals surface area contributed by atoms with Crippen LogP contribution in [-0.2, 0) is 19.3 Å². The number of nitrogens with one attached hydrogen (secondary N) is 1. The largest absolute Gasteiger partial charge is 0.504 e. The molecule has 2 N–H and O–H groups in total. The van der Waals surface area contributed by atoms with Crippen molar-refractivity contribution in [2.75, 3.05) is 11.9 Å². The second kappa shape index (κ2) is 9.66. The molecule has 5 aromatic rings. The molecule has 40 heavy (non-hydrogen) atoms. The lowest BCUT2D eigenvalue weighted by atomic mass is 10.00. The van der Waals surface area contributed by atoms with E-state index in [1.807, 2.05) is 0 Å². The number of halogens is 5. The van der Waals surface area contributed by atoms with E-state index in [2.05, 4.69) is 20.4 Å². The highest BCUT2D eigenvalue weighted by Crippen LogP contribution is 2.38. The number of aliphatic hydroxyl groups is 1. The first-order chi connectivity index (χ1) is 18.8. The van der Waals surface area contributed by atoms with Gasteiger partial charge in [-0.2, -0.15) is 18.6 Å². The lowest BCUT2D eigenvalue weighted by Crippen LogP contribution is -2.19. The molecule has 0 unspecified atom stereocenters. The lowest BCUT2D eigenvalue weighted by molar-refractivity contribution is -0.211. The molecule has 0 radical (unpaired) electrons. The highest BCUT2D eigenvalue weighted by molar-refractivity contribution is 6.13. The maximum absolute atomic E-state index is 14.1. The van der Waals surface area contributed by atoms with E-state index >= 15 is 0 Å². The fraction of sp³-hybridized carbons (Fsp3) is 0.259. The first-order valence-corrected chi connectivity index (χ1v) is 12.1. The van der Waals surface area contributed by atoms with Crippen molar-refractivity contribution in [2.24, 2.45) is 7.05 Å².